The molecule has 2 aromatic heterocycles. The van der Waals surface area contributed by atoms with Gasteiger partial charge in [0.25, 0.3) is 0 Å². The molecule has 6 nitrogen and oxygen atoms in total. The zero-order valence-corrected chi connectivity index (χ0v) is 16.7. The lowest BCUT2D eigenvalue weighted by molar-refractivity contribution is 0.0845. The van der Waals surface area contributed by atoms with Crippen molar-refractivity contribution in [1.29, 1.82) is 0 Å². The van der Waals surface area contributed by atoms with Gasteiger partial charge in [-0.05, 0) is 44.9 Å². The Balaban J connectivity index is 1.70. The predicted octanol–water partition coefficient (Wildman–Crippen LogP) is 4.76. The van der Waals surface area contributed by atoms with Crippen molar-refractivity contribution < 1.29 is 13.5 Å². The van der Waals surface area contributed by atoms with Gasteiger partial charge in [0.2, 0.25) is 0 Å². The summed E-state index contributed by atoms with van der Waals surface area (Å²) in [6.45, 7) is 5.13. The normalized spacial score (nSPS) is 16.3. The van der Waals surface area contributed by atoms with Crippen LogP contribution in [0.5, 0.6) is 0 Å². The van der Waals surface area contributed by atoms with Gasteiger partial charge >= 0.3 is 0 Å². The van der Waals surface area contributed by atoms with E-state index < -0.39 is 11.6 Å². The first kappa shape index (κ1) is 18.9. The minimum Gasteiger partial charge on any atom is -0.381 e. The lowest BCUT2D eigenvalue weighted by atomic mass is 9.93. The second kappa shape index (κ2) is 7.28. The summed E-state index contributed by atoms with van der Waals surface area (Å²) >= 11 is 0. The number of nitrogens with one attached hydrogen (secondary N) is 2. The van der Waals surface area contributed by atoms with Gasteiger partial charge < -0.3 is 10.1 Å². The van der Waals surface area contributed by atoms with Gasteiger partial charge in [0, 0.05) is 30.4 Å². The Morgan fingerprint density at radius 1 is 1.07 bits per heavy atom. The molecule has 1 fully saturated rings. The second-order valence-corrected chi connectivity index (χ2v) is 7.66. The number of ether oxygens (including phenoxy) is 1. The first-order valence-electron chi connectivity index (χ1n) is 9.97. The number of nitrogens with zero attached hydrogens (tertiary/aromatic N) is 3. The van der Waals surface area contributed by atoms with E-state index in [2.05, 4.69) is 20.5 Å². The Labute approximate surface area is 172 Å². The van der Waals surface area contributed by atoms with E-state index in [1.165, 1.54) is 18.2 Å². The molecule has 0 aliphatic carbocycles. The number of H-pyrrole nitrogens is 1. The number of benzene rings is 1. The van der Waals surface area contributed by atoms with E-state index in [4.69, 9.17) is 9.72 Å². The van der Waals surface area contributed by atoms with Crippen LogP contribution in [0.4, 0.5) is 20.2 Å². The number of aliphatic imine (C=N–C) groups is 1. The van der Waals surface area contributed by atoms with E-state index in [-0.39, 0.29) is 11.4 Å². The second-order valence-electron chi connectivity index (χ2n) is 7.66. The van der Waals surface area contributed by atoms with Crippen LogP contribution >= 0.6 is 0 Å². The summed E-state index contributed by atoms with van der Waals surface area (Å²) in [6.07, 6.45) is 1.82. The largest absolute Gasteiger partial charge is 0.381 e. The molecule has 8 heteroatoms. The van der Waals surface area contributed by atoms with Gasteiger partial charge in [0.15, 0.2) is 0 Å². The van der Waals surface area contributed by atoms with Gasteiger partial charge in [-0.1, -0.05) is 6.07 Å². The summed E-state index contributed by atoms with van der Waals surface area (Å²) in [5, 5.41) is 10.5. The monoisotopic (exact) mass is 409 g/mol. The molecule has 1 aromatic carbocycles. The van der Waals surface area contributed by atoms with Crippen molar-refractivity contribution in [2.45, 2.75) is 32.6 Å². The summed E-state index contributed by atoms with van der Waals surface area (Å²) < 4.78 is 34.6. The molecule has 2 N–H and O–H groups in total. The van der Waals surface area contributed by atoms with Gasteiger partial charge in [0.05, 0.1) is 28.3 Å². The Hall–Kier alpha value is -3.13. The molecule has 0 saturated carbocycles. The van der Waals surface area contributed by atoms with Gasteiger partial charge in [-0.3, -0.25) is 10.1 Å². The van der Waals surface area contributed by atoms with Crippen LogP contribution in [0.2, 0.25) is 0 Å². The predicted molar refractivity (Wildman–Crippen MR) is 110 cm³/mol. The van der Waals surface area contributed by atoms with E-state index in [0.29, 0.717) is 28.7 Å². The van der Waals surface area contributed by atoms with Crippen LogP contribution < -0.4 is 5.32 Å². The van der Waals surface area contributed by atoms with Crippen LogP contribution in [-0.4, -0.2) is 34.2 Å². The fraction of sp³-hybridized carbons (Fsp3) is 0.318. The smallest absolute Gasteiger partial charge is 0.144 e. The average molecular weight is 409 g/mol. The van der Waals surface area contributed by atoms with Crippen molar-refractivity contribution in [1.82, 2.24) is 15.2 Å². The molecule has 2 aliphatic rings. The van der Waals surface area contributed by atoms with Crippen LogP contribution in [0, 0.1) is 25.5 Å². The molecular weight excluding hydrogens is 388 g/mol. The third-order valence-electron chi connectivity index (χ3n) is 5.71. The number of fused-ring (bicyclic) bond motifs is 3. The molecule has 1 saturated heterocycles. The average Bonchev–Trinajstić information content (AvgIpc) is 3.00. The number of aromatic nitrogens is 3. The van der Waals surface area contributed by atoms with E-state index in [9.17, 15) is 8.78 Å². The first-order valence-corrected chi connectivity index (χ1v) is 9.97. The van der Waals surface area contributed by atoms with Crippen molar-refractivity contribution >= 4 is 17.2 Å². The minimum absolute atomic E-state index is 0.0961. The molecule has 0 atom stereocenters. The highest BCUT2D eigenvalue weighted by Crippen LogP contribution is 2.42. The molecule has 5 rings (SSSR count). The van der Waals surface area contributed by atoms with Gasteiger partial charge in [-0.2, -0.15) is 5.10 Å². The number of pyridine rings is 1. The summed E-state index contributed by atoms with van der Waals surface area (Å²) in [5.41, 5.74) is 4.93. The fourth-order valence-corrected chi connectivity index (χ4v) is 4.11. The lowest BCUT2D eigenvalue weighted by Gasteiger charge is -2.23. The SMILES string of the molecule is Cc1n[nH]c2c1N=C(c1c(F)cccc1F)Nc1c-2cc(C2CCOCC2)nc1C. The molecule has 2 aliphatic heterocycles. The maximum absolute atomic E-state index is 14.5. The Bertz CT molecular complexity index is 1140. The highest BCUT2D eigenvalue weighted by molar-refractivity contribution is 6.13. The standard InChI is InChI=1S/C22H21F2N5O/c1-11-19-14(10-17(25-11)13-6-8-30-9-7-13)21-20(12(2)28-29-21)27-22(26-19)18-15(23)4-3-5-16(18)24/h3-5,10,13H,6-9H2,1-2H3,(H,26,27)(H,28,29). The number of halogens is 2. The van der Waals surface area contributed by atoms with E-state index in [0.717, 1.165) is 43.0 Å². The van der Waals surface area contributed by atoms with Crippen LogP contribution in [0.15, 0.2) is 29.3 Å². The molecule has 0 radical (unpaired) electrons. The Morgan fingerprint density at radius 3 is 2.53 bits per heavy atom. The topological polar surface area (TPSA) is 75.2 Å². The third kappa shape index (κ3) is 3.08. The van der Waals surface area contributed by atoms with Gasteiger partial charge in [-0.15, -0.1) is 0 Å². The Morgan fingerprint density at radius 2 is 1.80 bits per heavy atom. The number of anilines is 1. The number of hydrogen-bond donors (Lipinski definition) is 2. The number of rotatable bonds is 2. The molecule has 154 valence electrons. The highest BCUT2D eigenvalue weighted by Gasteiger charge is 2.27. The van der Waals surface area contributed by atoms with Crippen LogP contribution in [0.1, 0.15) is 41.4 Å². The van der Waals surface area contributed by atoms with Crippen LogP contribution in [0.25, 0.3) is 11.3 Å². The molecule has 0 amide bonds. The summed E-state index contributed by atoms with van der Waals surface area (Å²) in [5.74, 6) is -0.963. The Kier molecular flexibility index (Phi) is 4.58. The zero-order chi connectivity index (χ0) is 20.8. The number of aryl methyl sites for hydroxylation is 2. The third-order valence-corrected chi connectivity index (χ3v) is 5.71. The maximum Gasteiger partial charge on any atom is 0.144 e. The summed E-state index contributed by atoms with van der Waals surface area (Å²) in [6, 6.07) is 5.80. The van der Waals surface area contributed by atoms with Gasteiger partial charge in [-0.25, -0.2) is 13.8 Å². The molecular formula is C22H21F2N5O. The maximum atomic E-state index is 14.5. The fourth-order valence-electron chi connectivity index (χ4n) is 4.11. The molecule has 4 heterocycles. The van der Waals surface area contributed by atoms with Crippen molar-refractivity contribution in [3.8, 4) is 11.3 Å². The van der Waals surface area contributed by atoms with Crippen molar-refractivity contribution in [2.24, 2.45) is 4.99 Å². The summed E-state index contributed by atoms with van der Waals surface area (Å²) in [7, 11) is 0. The van der Waals surface area contributed by atoms with Crippen LogP contribution in [0.3, 0.4) is 0 Å². The van der Waals surface area contributed by atoms with E-state index in [1.54, 1.807) is 0 Å². The number of amidine groups is 1. The van der Waals surface area contributed by atoms with E-state index in [1.807, 2.05) is 19.9 Å². The lowest BCUT2D eigenvalue weighted by Crippen LogP contribution is -2.19. The first-order chi connectivity index (χ1) is 14.5. The molecule has 3 aromatic rings. The van der Waals surface area contributed by atoms with Crippen LogP contribution in [-0.2, 0) is 4.74 Å². The molecule has 0 spiro atoms. The quantitative estimate of drug-likeness (QED) is 0.640. The number of aromatic amines is 1. The molecule has 0 unspecified atom stereocenters. The van der Waals surface area contributed by atoms with E-state index >= 15 is 0 Å². The zero-order valence-electron chi connectivity index (χ0n) is 16.7. The van der Waals surface area contributed by atoms with Gasteiger partial charge in [0.1, 0.15) is 23.2 Å². The van der Waals surface area contributed by atoms with Crippen molar-refractivity contribution in [3.63, 3.8) is 0 Å². The molecule has 30 heavy (non-hydrogen) atoms. The number of hydrogen-bond acceptors (Lipinski definition) is 5. The highest BCUT2D eigenvalue weighted by atomic mass is 19.1. The minimum atomic E-state index is -0.683. The van der Waals surface area contributed by atoms with Crippen molar-refractivity contribution in [3.05, 3.63) is 58.5 Å². The summed E-state index contributed by atoms with van der Waals surface area (Å²) in [4.78, 5) is 9.38. The molecule has 0 bridgehead atoms. The van der Waals surface area contributed by atoms with Crippen molar-refractivity contribution in [2.75, 3.05) is 18.5 Å².